The summed E-state index contributed by atoms with van der Waals surface area (Å²) in [6, 6.07) is 3.80. The summed E-state index contributed by atoms with van der Waals surface area (Å²) in [6.45, 7) is 0.946. The number of sulfone groups is 1. The molecule has 0 radical (unpaired) electrons. The van der Waals surface area contributed by atoms with Gasteiger partial charge in [0.25, 0.3) is 0 Å². The maximum Gasteiger partial charge on any atom is 0.238 e. The third-order valence-electron chi connectivity index (χ3n) is 3.09. The summed E-state index contributed by atoms with van der Waals surface area (Å²) in [6.07, 6.45) is 3.47. The number of hydrogen-bond acceptors (Lipinski definition) is 5. The van der Waals surface area contributed by atoms with Crippen molar-refractivity contribution in [1.29, 1.82) is 0 Å². The van der Waals surface area contributed by atoms with E-state index < -0.39 is 9.84 Å². The number of anilines is 1. The van der Waals surface area contributed by atoms with Gasteiger partial charge in [-0.2, -0.15) is 0 Å². The molecule has 20 heavy (non-hydrogen) atoms. The second-order valence-electron chi connectivity index (χ2n) is 5.07. The van der Waals surface area contributed by atoms with Gasteiger partial charge < -0.3 is 15.7 Å². The molecule has 110 valence electrons. The minimum atomic E-state index is -3.38. The highest BCUT2D eigenvalue weighted by Gasteiger charge is 2.20. The standard InChI is InChI=1S/C13H18N2O4S/c1-20(18,19)10-4-5-12(16)11(6-10)15-13(17)8-14-7-9-2-3-9/h4-6,9,14,16H,2-3,7-8H2,1H3,(H,15,17). The zero-order valence-electron chi connectivity index (χ0n) is 11.2. The Morgan fingerprint density at radius 1 is 1.40 bits per heavy atom. The highest BCUT2D eigenvalue weighted by Crippen LogP contribution is 2.28. The lowest BCUT2D eigenvalue weighted by Crippen LogP contribution is -2.29. The molecule has 0 saturated heterocycles. The summed E-state index contributed by atoms with van der Waals surface area (Å²) >= 11 is 0. The third kappa shape index (κ3) is 4.21. The third-order valence-corrected chi connectivity index (χ3v) is 4.20. The molecule has 1 aliphatic rings. The Morgan fingerprint density at radius 3 is 2.70 bits per heavy atom. The van der Waals surface area contributed by atoms with Gasteiger partial charge in [-0.3, -0.25) is 4.79 Å². The van der Waals surface area contributed by atoms with Crippen LogP contribution in [-0.4, -0.2) is 38.8 Å². The Balaban J connectivity index is 1.98. The van der Waals surface area contributed by atoms with E-state index in [1.807, 2.05) is 0 Å². The summed E-state index contributed by atoms with van der Waals surface area (Å²) in [5.74, 6) is 0.198. The van der Waals surface area contributed by atoms with E-state index in [-0.39, 0.29) is 28.8 Å². The average Bonchev–Trinajstić information content (AvgIpc) is 3.14. The van der Waals surface area contributed by atoms with E-state index in [2.05, 4.69) is 10.6 Å². The van der Waals surface area contributed by atoms with Gasteiger partial charge >= 0.3 is 0 Å². The summed E-state index contributed by atoms with van der Waals surface area (Å²) in [5, 5.41) is 15.2. The molecule has 1 saturated carbocycles. The van der Waals surface area contributed by atoms with Crippen molar-refractivity contribution >= 4 is 21.4 Å². The molecule has 1 aliphatic carbocycles. The molecular weight excluding hydrogens is 280 g/mol. The zero-order valence-corrected chi connectivity index (χ0v) is 12.0. The normalized spacial score (nSPS) is 15.1. The number of amides is 1. The smallest absolute Gasteiger partial charge is 0.238 e. The monoisotopic (exact) mass is 298 g/mol. The molecule has 1 fully saturated rings. The first-order valence-electron chi connectivity index (χ1n) is 6.40. The van der Waals surface area contributed by atoms with Crippen molar-refractivity contribution in [2.24, 2.45) is 5.92 Å². The minimum Gasteiger partial charge on any atom is -0.506 e. The van der Waals surface area contributed by atoms with Crippen molar-refractivity contribution < 1.29 is 18.3 Å². The Hall–Kier alpha value is -1.60. The van der Waals surface area contributed by atoms with E-state index in [0.29, 0.717) is 5.92 Å². The van der Waals surface area contributed by atoms with E-state index >= 15 is 0 Å². The summed E-state index contributed by atoms with van der Waals surface area (Å²) in [5.41, 5.74) is 0.103. The largest absolute Gasteiger partial charge is 0.506 e. The van der Waals surface area contributed by atoms with Crippen LogP contribution in [0.2, 0.25) is 0 Å². The first-order valence-corrected chi connectivity index (χ1v) is 8.29. The molecule has 0 aromatic heterocycles. The number of carbonyl (C=O) groups excluding carboxylic acids is 1. The Kier molecular flexibility index (Phi) is 4.29. The highest BCUT2D eigenvalue weighted by molar-refractivity contribution is 7.90. The Bertz CT molecular complexity index is 609. The molecule has 0 aliphatic heterocycles. The van der Waals surface area contributed by atoms with E-state index in [4.69, 9.17) is 0 Å². The topological polar surface area (TPSA) is 95.5 Å². The number of nitrogens with one attached hydrogen (secondary N) is 2. The molecule has 0 atom stereocenters. The molecule has 7 heteroatoms. The van der Waals surface area contributed by atoms with E-state index in [9.17, 15) is 18.3 Å². The molecule has 6 nitrogen and oxygen atoms in total. The van der Waals surface area contributed by atoms with Crippen molar-refractivity contribution in [3.63, 3.8) is 0 Å². The number of rotatable bonds is 6. The number of benzene rings is 1. The van der Waals surface area contributed by atoms with Crippen LogP contribution in [0.3, 0.4) is 0 Å². The van der Waals surface area contributed by atoms with Crippen LogP contribution in [0.25, 0.3) is 0 Å². The van der Waals surface area contributed by atoms with Gasteiger partial charge in [0.05, 0.1) is 17.1 Å². The zero-order chi connectivity index (χ0) is 14.8. The second-order valence-corrected chi connectivity index (χ2v) is 7.09. The van der Waals surface area contributed by atoms with Crippen molar-refractivity contribution in [2.75, 3.05) is 24.7 Å². The molecular formula is C13H18N2O4S. The van der Waals surface area contributed by atoms with Gasteiger partial charge in [-0.25, -0.2) is 8.42 Å². The number of carbonyl (C=O) groups is 1. The molecule has 1 aromatic rings. The van der Waals surface area contributed by atoms with Crippen LogP contribution >= 0.6 is 0 Å². The maximum absolute atomic E-state index is 11.7. The van der Waals surface area contributed by atoms with Gasteiger partial charge in [0.1, 0.15) is 5.75 Å². The number of phenolic OH excluding ortho intramolecular Hbond substituents is 1. The maximum atomic E-state index is 11.7. The van der Waals surface area contributed by atoms with Gasteiger partial charge in [-0.15, -0.1) is 0 Å². The van der Waals surface area contributed by atoms with Gasteiger partial charge in [0, 0.05) is 6.26 Å². The molecule has 2 rings (SSSR count). The van der Waals surface area contributed by atoms with Crippen LogP contribution in [0.4, 0.5) is 5.69 Å². The summed E-state index contributed by atoms with van der Waals surface area (Å²) in [7, 11) is -3.38. The fraction of sp³-hybridized carbons (Fsp3) is 0.462. The highest BCUT2D eigenvalue weighted by atomic mass is 32.2. The first kappa shape index (κ1) is 14.8. The van der Waals surface area contributed by atoms with Crippen LogP contribution in [0, 0.1) is 5.92 Å². The van der Waals surface area contributed by atoms with Crippen LogP contribution < -0.4 is 10.6 Å². The predicted octanol–water partition coefficient (Wildman–Crippen LogP) is 0.734. The van der Waals surface area contributed by atoms with Crippen molar-refractivity contribution in [2.45, 2.75) is 17.7 Å². The van der Waals surface area contributed by atoms with Crippen LogP contribution in [0.1, 0.15) is 12.8 Å². The molecule has 0 heterocycles. The van der Waals surface area contributed by atoms with Gasteiger partial charge in [0.2, 0.25) is 5.91 Å². The van der Waals surface area contributed by atoms with Crippen LogP contribution in [0.15, 0.2) is 23.1 Å². The van der Waals surface area contributed by atoms with Gasteiger partial charge in [0.15, 0.2) is 9.84 Å². The SMILES string of the molecule is CS(=O)(=O)c1ccc(O)c(NC(=O)CNCC2CC2)c1. The van der Waals surface area contributed by atoms with E-state index in [1.54, 1.807) is 0 Å². The molecule has 3 N–H and O–H groups in total. The molecule has 1 amide bonds. The van der Waals surface area contributed by atoms with E-state index in [1.165, 1.54) is 31.0 Å². The van der Waals surface area contributed by atoms with Gasteiger partial charge in [-0.1, -0.05) is 0 Å². The lowest BCUT2D eigenvalue weighted by molar-refractivity contribution is -0.115. The summed E-state index contributed by atoms with van der Waals surface area (Å²) < 4.78 is 22.9. The molecule has 0 bridgehead atoms. The lowest BCUT2D eigenvalue weighted by atomic mass is 10.3. The Labute approximate surface area is 118 Å². The average molecular weight is 298 g/mol. The van der Waals surface area contributed by atoms with E-state index in [0.717, 1.165) is 12.8 Å². The quantitative estimate of drug-likeness (QED) is 0.673. The fourth-order valence-electron chi connectivity index (χ4n) is 1.75. The van der Waals surface area contributed by atoms with Crippen molar-refractivity contribution in [3.8, 4) is 5.75 Å². The molecule has 0 unspecified atom stereocenters. The second kappa shape index (κ2) is 5.80. The molecule has 0 spiro atoms. The number of aromatic hydroxyl groups is 1. The van der Waals surface area contributed by atoms with Crippen molar-refractivity contribution in [3.05, 3.63) is 18.2 Å². The number of hydrogen-bond donors (Lipinski definition) is 3. The van der Waals surface area contributed by atoms with Crippen molar-refractivity contribution in [1.82, 2.24) is 5.32 Å². The fourth-order valence-corrected chi connectivity index (χ4v) is 2.40. The predicted molar refractivity (Wildman–Crippen MR) is 75.4 cm³/mol. The number of phenols is 1. The van der Waals surface area contributed by atoms with Crippen LogP contribution in [-0.2, 0) is 14.6 Å². The van der Waals surface area contributed by atoms with Gasteiger partial charge in [-0.05, 0) is 43.5 Å². The summed E-state index contributed by atoms with van der Waals surface area (Å²) in [4.78, 5) is 11.7. The Morgan fingerprint density at radius 2 is 2.10 bits per heavy atom. The van der Waals surface area contributed by atoms with Crippen LogP contribution in [0.5, 0.6) is 5.75 Å². The lowest BCUT2D eigenvalue weighted by Gasteiger charge is -2.09. The first-order chi connectivity index (χ1) is 9.36. The minimum absolute atomic E-state index is 0.0524. The molecule has 1 aromatic carbocycles.